The van der Waals surface area contributed by atoms with Gasteiger partial charge < -0.3 is 5.73 Å². The smallest absolute Gasteiger partial charge is 0.153 e. The maximum atomic E-state index is 5.72. The maximum absolute atomic E-state index is 5.72. The summed E-state index contributed by atoms with van der Waals surface area (Å²) in [6.45, 7) is 1.94. The van der Waals surface area contributed by atoms with Crippen LogP contribution in [0.4, 0.5) is 0 Å². The van der Waals surface area contributed by atoms with E-state index < -0.39 is 0 Å². The van der Waals surface area contributed by atoms with Crippen molar-refractivity contribution >= 4 is 0 Å². The average Bonchev–Trinajstić information content (AvgIpc) is 2.71. The Morgan fingerprint density at radius 1 is 1.43 bits per heavy atom. The molecule has 0 unspecified atom stereocenters. The predicted molar refractivity (Wildman–Crippen MR) is 54.0 cm³/mol. The van der Waals surface area contributed by atoms with Crippen LogP contribution >= 0.6 is 0 Å². The van der Waals surface area contributed by atoms with Gasteiger partial charge in [0.15, 0.2) is 5.82 Å². The van der Waals surface area contributed by atoms with Crippen molar-refractivity contribution in [2.75, 3.05) is 0 Å². The summed E-state index contributed by atoms with van der Waals surface area (Å²) in [6.07, 6.45) is 5.36. The third-order valence-electron chi connectivity index (χ3n) is 2.04. The van der Waals surface area contributed by atoms with Crippen molar-refractivity contribution in [2.45, 2.75) is 13.0 Å². The molecule has 4 nitrogen and oxygen atoms in total. The molecule has 1 atom stereocenters. The highest BCUT2D eigenvalue weighted by molar-refractivity contribution is 5.25. The number of hydrogen-bond acceptors (Lipinski definition) is 3. The lowest BCUT2D eigenvalue weighted by molar-refractivity contribution is 0.797. The number of nitrogens with two attached hydrogens (primary N) is 1. The lowest BCUT2D eigenvalue weighted by atomic mass is 10.2. The quantitative estimate of drug-likeness (QED) is 0.772. The highest BCUT2D eigenvalue weighted by atomic mass is 15.3. The van der Waals surface area contributed by atoms with Crippen molar-refractivity contribution in [2.24, 2.45) is 5.73 Å². The summed E-state index contributed by atoms with van der Waals surface area (Å²) in [4.78, 5) is 4.26. The van der Waals surface area contributed by atoms with Gasteiger partial charge in [0.1, 0.15) is 0 Å². The molecule has 0 aliphatic carbocycles. The zero-order valence-corrected chi connectivity index (χ0v) is 7.96. The third kappa shape index (κ3) is 1.65. The van der Waals surface area contributed by atoms with Crippen LogP contribution in [0.3, 0.4) is 0 Å². The Labute approximate surface area is 82.4 Å². The molecule has 0 saturated carbocycles. The molecule has 0 amide bonds. The van der Waals surface area contributed by atoms with E-state index in [1.165, 1.54) is 0 Å². The molecule has 0 saturated heterocycles. The van der Waals surface area contributed by atoms with Crippen molar-refractivity contribution in [3.8, 4) is 5.82 Å². The molecule has 2 aromatic heterocycles. The maximum Gasteiger partial charge on any atom is 0.153 e. The lowest BCUT2D eigenvalue weighted by Crippen LogP contribution is -2.06. The Morgan fingerprint density at radius 3 is 2.79 bits per heavy atom. The second kappa shape index (κ2) is 3.59. The topological polar surface area (TPSA) is 56.7 Å². The second-order valence-electron chi connectivity index (χ2n) is 3.19. The first kappa shape index (κ1) is 8.90. The van der Waals surface area contributed by atoms with Gasteiger partial charge in [0.2, 0.25) is 0 Å². The summed E-state index contributed by atoms with van der Waals surface area (Å²) in [5.41, 5.74) is 6.75. The second-order valence-corrected chi connectivity index (χ2v) is 3.19. The summed E-state index contributed by atoms with van der Waals surface area (Å²) < 4.78 is 1.71. The first-order valence-electron chi connectivity index (χ1n) is 4.49. The Hall–Kier alpha value is -1.68. The van der Waals surface area contributed by atoms with Crippen molar-refractivity contribution in [1.82, 2.24) is 14.8 Å². The molecule has 0 aliphatic heterocycles. The molecule has 2 N–H and O–H groups in total. The van der Waals surface area contributed by atoms with E-state index in [0.717, 1.165) is 11.4 Å². The molecular weight excluding hydrogens is 176 g/mol. The lowest BCUT2D eigenvalue weighted by Gasteiger charge is -2.05. The first-order valence-corrected chi connectivity index (χ1v) is 4.49. The molecule has 2 aromatic rings. The molecule has 0 aliphatic rings. The van der Waals surface area contributed by atoms with E-state index in [1.807, 2.05) is 31.3 Å². The van der Waals surface area contributed by atoms with E-state index in [9.17, 15) is 0 Å². The Bertz CT molecular complexity index is 389. The number of nitrogens with zero attached hydrogens (tertiary/aromatic N) is 3. The fourth-order valence-corrected chi connectivity index (χ4v) is 1.21. The van der Waals surface area contributed by atoms with Crippen molar-refractivity contribution in [3.05, 3.63) is 42.4 Å². The molecule has 0 bridgehead atoms. The molecule has 0 spiro atoms. The monoisotopic (exact) mass is 188 g/mol. The number of aromatic nitrogens is 3. The van der Waals surface area contributed by atoms with Crippen LogP contribution in [0.15, 0.2) is 36.8 Å². The van der Waals surface area contributed by atoms with Crippen LogP contribution in [0.25, 0.3) is 5.82 Å². The molecule has 0 aromatic carbocycles. The Morgan fingerprint density at radius 2 is 2.29 bits per heavy atom. The number of rotatable bonds is 2. The molecule has 0 radical (unpaired) electrons. The zero-order chi connectivity index (χ0) is 9.97. The van der Waals surface area contributed by atoms with Gasteiger partial charge in [0.25, 0.3) is 0 Å². The van der Waals surface area contributed by atoms with Crippen molar-refractivity contribution < 1.29 is 0 Å². The van der Waals surface area contributed by atoms with Crippen LogP contribution in [0.1, 0.15) is 18.5 Å². The van der Waals surface area contributed by atoms with E-state index in [1.54, 1.807) is 17.1 Å². The van der Waals surface area contributed by atoms with Crippen LogP contribution in [0.5, 0.6) is 0 Å². The van der Waals surface area contributed by atoms with Gasteiger partial charge in [-0.15, -0.1) is 0 Å². The largest absolute Gasteiger partial charge is 0.324 e. The van der Waals surface area contributed by atoms with Crippen LogP contribution < -0.4 is 5.73 Å². The van der Waals surface area contributed by atoms with Gasteiger partial charge >= 0.3 is 0 Å². The van der Waals surface area contributed by atoms with Crippen LogP contribution in [0, 0.1) is 0 Å². The van der Waals surface area contributed by atoms with E-state index >= 15 is 0 Å². The normalized spacial score (nSPS) is 12.7. The highest BCUT2D eigenvalue weighted by Gasteiger charge is 2.01. The van der Waals surface area contributed by atoms with Gasteiger partial charge in [-0.3, -0.25) is 0 Å². The molecule has 72 valence electrons. The van der Waals surface area contributed by atoms with Gasteiger partial charge in [0.05, 0.1) is 0 Å². The Balaban J connectivity index is 2.31. The predicted octanol–water partition coefficient (Wildman–Crippen LogP) is 1.29. The number of pyridine rings is 1. The zero-order valence-electron chi connectivity index (χ0n) is 7.96. The molecule has 0 fully saturated rings. The van der Waals surface area contributed by atoms with Gasteiger partial charge in [-0.25, -0.2) is 9.67 Å². The summed E-state index contributed by atoms with van der Waals surface area (Å²) in [6, 6.07) is 5.76. The molecule has 14 heavy (non-hydrogen) atoms. The summed E-state index contributed by atoms with van der Waals surface area (Å²) in [5, 5.41) is 4.08. The van der Waals surface area contributed by atoms with Crippen molar-refractivity contribution in [3.63, 3.8) is 0 Å². The van der Waals surface area contributed by atoms with E-state index in [2.05, 4.69) is 10.1 Å². The summed E-state index contributed by atoms with van der Waals surface area (Å²) in [5.74, 6) is 0.805. The summed E-state index contributed by atoms with van der Waals surface area (Å²) in [7, 11) is 0. The SMILES string of the molecule is C[C@@H](N)c1ccc(-n2cccn2)nc1. The minimum Gasteiger partial charge on any atom is -0.324 e. The van der Waals surface area contributed by atoms with Gasteiger partial charge in [-0.2, -0.15) is 5.10 Å². The first-order chi connectivity index (χ1) is 6.77. The highest BCUT2D eigenvalue weighted by Crippen LogP contribution is 2.09. The number of hydrogen-bond donors (Lipinski definition) is 1. The van der Waals surface area contributed by atoms with E-state index in [0.29, 0.717) is 0 Å². The Kier molecular flexibility index (Phi) is 2.28. The van der Waals surface area contributed by atoms with Gasteiger partial charge in [-0.1, -0.05) is 6.07 Å². The third-order valence-corrected chi connectivity index (χ3v) is 2.04. The van der Waals surface area contributed by atoms with Crippen LogP contribution in [-0.4, -0.2) is 14.8 Å². The van der Waals surface area contributed by atoms with Crippen molar-refractivity contribution in [1.29, 1.82) is 0 Å². The van der Waals surface area contributed by atoms with Crippen LogP contribution in [0.2, 0.25) is 0 Å². The van der Waals surface area contributed by atoms with Crippen LogP contribution in [-0.2, 0) is 0 Å². The molecule has 2 heterocycles. The van der Waals surface area contributed by atoms with E-state index in [4.69, 9.17) is 5.73 Å². The van der Waals surface area contributed by atoms with Gasteiger partial charge in [-0.05, 0) is 24.6 Å². The fourth-order valence-electron chi connectivity index (χ4n) is 1.21. The molecular formula is C10H12N4. The molecule has 4 heteroatoms. The van der Waals surface area contributed by atoms with E-state index in [-0.39, 0.29) is 6.04 Å². The minimum atomic E-state index is 0.0224. The fraction of sp³-hybridized carbons (Fsp3) is 0.200. The van der Waals surface area contributed by atoms with Gasteiger partial charge in [0, 0.05) is 24.6 Å². The minimum absolute atomic E-state index is 0.0224. The molecule has 2 rings (SSSR count). The average molecular weight is 188 g/mol. The summed E-state index contributed by atoms with van der Waals surface area (Å²) >= 11 is 0. The standard InChI is InChI=1S/C10H12N4/c1-8(11)9-3-4-10(12-7-9)14-6-2-5-13-14/h2-8H,11H2,1H3/t8-/m1/s1.